The average molecular weight is 580 g/mol. The molecule has 0 saturated heterocycles. The lowest BCUT2D eigenvalue weighted by Crippen LogP contribution is -2.52. The largest absolute Gasteiger partial charge is 0.497 e. The Bertz CT molecular complexity index is 1450. The van der Waals surface area contributed by atoms with Crippen LogP contribution in [0.1, 0.15) is 48.9 Å². The number of rotatable bonds is 13. The third-order valence-electron chi connectivity index (χ3n) is 7.09. The van der Waals surface area contributed by atoms with E-state index < -0.39 is 28.5 Å². The summed E-state index contributed by atoms with van der Waals surface area (Å²) in [6.07, 6.45) is 1.11. The van der Waals surface area contributed by atoms with E-state index >= 15 is 0 Å². The second-order valence-corrected chi connectivity index (χ2v) is 12.0. The van der Waals surface area contributed by atoms with Crippen LogP contribution in [-0.4, -0.2) is 51.4 Å². The minimum atomic E-state index is -4.11. The van der Waals surface area contributed by atoms with Crippen molar-refractivity contribution in [2.24, 2.45) is 0 Å². The molecule has 3 aromatic rings. The van der Waals surface area contributed by atoms with E-state index in [4.69, 9.17) is 4.74 Å². The summed E-state index contributed by atoms with van der Waals surface area (Å²) in [5.41, 5.74) is 3.97. The van der Waals surface area contributed by atoms with Gasteiger partial charge in [0.15, 0.2) is 0 Å². The molecule has 8 nitrogen and oxygen atoms in total. The molecule has 220 valence electrons. The van der Waals surface area contributed by atoms with Crippen LogP contribution in [0.5, 0.6) is 5.75 Å². The van der Waals surface area contributed by atoms with Crippen molar-refractivity contribution in [2.45, 2.75) is 64.9 Å². The van der Waals surface area contributed by atoms with Crippen molar-refractivity contribution in [2.75, 3.05) is 24.5 Å². The SMILES string of the molecule is CCCNC(=O)[C@H](CC)N(Cc1cccc(OC)c1)C(=O)CN(c1ccc(C)c(C)c1)S(=O)(=O)c1ccc(C)cc1. The monoisotopic (exact) mass is 579 g/mol. The van der Waals surface area contributed by atoms with Gasteiger partial charge in [0.05, 0.1) is 17.7 Å². The summed E-state index contributed by atoms with van der Waals surface area (Å²) in [4.78, 5) is 28.9. The van der Waals surface area contributed by atoms with Crippen molar-refractivity contribution >= 4 is 27.5 Å². The second kappa shape index (κ2) is 14.2. The maximum atomic E-state index is 14.2. The molecule has 3 aromatic carbocycles. The zero-order valence-electron chi connectivity index (χ0n) is 24.8. The summed E-state index contributed by atoms with van der Waals surface area (Å²) in [6, 6.07) is 18.4. The van der Waals surface area contributed by atoms with Crippen LogP contribution in [0.25, 0.3) is 0 Å². The number of benzene rings is 3. The van der Waals surface area contributed by atoms with E-state index in [-0.39, 0.29) is 17.3 Å². The van der Waals surface area contributed by atoms with Gasteiger partial charge in [-0.3, -0.25) is 13.9 Å². The first-order valence-electron chi connectivity index (χ1n) is 13.9. The standard InChI is InChI=1S/C32H41N3O5S/c1-7-18-33-32(37)30(8-2)34(21-26-10-9-11-28(20-26)40-6)31(36)22-35(27-15-14-24(4)25(5)19-27)41(38,39)29-16-12-23(3)13-17-29/h9-17,19-20,30H,7-8,18,21-22H2,1-6H3,(H,33,37)/t30-/m0/s1. The van der Waals surface area contributed by atoms with Gasteiger partial charge in [-0.05, 0) is 86.7 Å². The molecule has 1 atom stereocenters. The van der Waals surface area contributed by atoms with Gasteiger partial charge in [0.1, 0.15) is 18.3 Å². The average Bonchev–Trinajstić information content (AvgIpc) is 2.96. The minimum Gasteiger partial charge on any atom is -0.497 e. The van der Waals surface area contributed by atoms with Crippen LogP contribution in [0, 0.1) is 20.8 Å². The molecule has 0 bridgehead atoms. The lowest BCUT2D eigenvalue weighted by molar-refractivity contribution is -0.140. The van der Waals surface area contributed by atoms with Gasteiger partial charge >= 0.3 is 0 Å². The molecule has 0 aliphatic carbocycles. The molecule has 3 rings (SSSR count). The second-order valence-electron chi connectivity index (χ2n) is 10.2. The third kappa shape index (κ3) is 7.88. The summed E-state index contributed by atoms with van der Waals surface area (Å²) in [6.45, 7) is 9.64. The van der Waals surface area contributed by atoms with Crippen molar-refractivity contribution in [1.29, 1.82) is 0 Å². The molecule has 41 heavy (non-hydrogen) atoms. The molecule has 0 heterocycles. The predicted octanol–water partition coefficient (Wildman–Crippen LogP) is 5.15. The van der Waals surface area contributed by atoms with Gasteiger partial charge in [0, 0.05) is 13.1 Å². The summed E-state index contributed by atoms with van der Waals surface area (Å²) in [7, 11) is -2.55. The fraction of sp³-hybridized carbons (Fsp3) is 0.375. The highest BCUT2D eigenvalue weighted by Crippen LogP contribution is 2.27. The smallest absolute Gasteiger partial charge is 0.264 e. The van der Waals surface area contributed by atoms with E-state index in [2.05, 4.69) is 5.32 Å². The Morgan fingerprint density at radius 3 is 2.24 bits per heavy atom. The molecule has 2 amide bonds. The number of aryl methyl sites for hydroxylation is 3. The van der Waals surface area contributed by atoms with Gasteiger partial charge in [-0.2, -0.15) is 0 Å². The number of anilines is 1. The Morgan fingerprint density at radius 2 is 1.63 bits per heavy atom. The number of hydrogen-bond acceptors (Lipinski definition) is 5. The van der Waals surface area contributed by atoms with Crippen LogP contribution in [-0.2, 0) is 26.2 Å². The number of methoxy groups -OCH3 is 1. The first-order chi connectivity index (χ1) is 19.5. The maximum absolute atomic E-state index is 14.2. The van der Waals surface area contributed by atoms with Gasteiger partial charge in [-0.25, -0.2) is 8.42 Å². The predicted molar refractivity (Wildman–Crippen MR) is 163 cm³/mol. The number of carbonyl (C=O) groups is 2. The van der Waals surface area contributed by atoms with Crippen LogP contribution >= 0.6 is 0 Å². The topological polar surface area (TPSA) is 96.0 Å². The highest BCUT2D eigenvalue weighted by Gasteiger charge is 2.33. The van der Waals surface area contributed by atoms with E-state index in [1.54, 1.807) is 55.6 Å². The lowest BCUT2D eigenvalue weighted by atomic mass is 10.1. The molecule has 0 radical (unpaired) electrons. The highest BCUT2D eigenvalue weighted by molar-refractivity contribution is 7.92. The summed E-state index contributed by atoms with van der Waals surface area (Å²) < 4.78 is 34.5. The summed E-state index contributed by atoms with van der Waals surface area (Å²) in [5, 5.41) is 2.90. The number of ether oxygens (including phenoxy) is 1. The van der Waals surface area contributed by atoms with Crippen molar-refractivity contribution in [3.05, 3.63) is 89.0 Å². The number of hydrogen-bond donors (Lipinski definition) is 1. The lowest BCUT2D eigenvalue weighted by Gasteiger charge is -2.33. The number of nitrogens with zero attached hydrogens (tertiary/aromatic N) is 2. The first-order valence-corrected chi connectivity index (χ1v) is 15.3. The van der Waals surface area contributed by atoms with Gasteiger partial charge in [0.25, 0.3) is 10.0 Å². The Hall–Kier alpha value is -3.85. The van der Waals surface area contributed by atoms with Gasteiger partial charge in [-0.15, -0.1) is 0 Å². The van der Waals surface area contributed by atoms with E-state index in [9.17, 15) is 18.0 Å². The van der Waals surface area contributed by atoms with Crippen molar-refractivity contribution in [3.8, 4) is 5.75 Å². The van der Waals surface area contributed by atoms with Crippen LogP contribution in [0.2, 0.25) is 0 Å². The van der Waals surface area contributed by atoms with Gasteiger partial charge in [0.2, 0.25) is 11.8 Å². The minimum absolute atomic E-state index is 0.0844. The molecule has 0 aliphatic heterocycles. The molecular formula is C32H41N3O5S. The van der Waals surface area contributed by atoms with Crippen molar-refractivity contribution < 1.29 is 22.7 Å². The zero-order chi connectivity index (χ0) is 30.2. The zero-order valence-corrected chi connectivity index (χ0v) is 25.6. The molecule has 9 heteroatoms. The Balaban J connectivity index is 2.08. The summed E-state index contributed by atoms with van der Waals surface area (Å²) >= 11 is 0. The van der Waals surface area contributed by atoms with Crippen LogP contribution < -0.4 is 14.4 Å². The quantitative estimate of drug-likeness (QED) is 0.302. The van der Waals surface area contributed by atoms with Crippen LogP contribution in [0.3, 0.4) is 0 Å². The van der Waals surface area contributed by atoms with Gasteiger partial charge < -0.3 is 15.0 Å². The normalized spacial score (nSPS) is 12.0. The van der Waals surface area contributed by atoms with E-state index in [0.29, 0.717) is 24.4 Å². The van der Waals surface area contributed by atoms with Crippen LogP contribution in [0.15, 0.2) is 71.6 Å². The molecule has 0 unspecified atom stereocenters. The highest BCUT2D eigenvalue weighted by atomic mass is 32.2. The number of carbonyl (C=O) groups excluding carboxylic acids is 2. The molecule has 1 N–H and O–H groups in total. The molecule has 0 aliphatic rings. The van der Waals surface area contributed by atoms with E-state index in [0.717, 1.165) is 33.0 Å². The van der Waals surface area contributed by atoms with Crippen molar-refractivity contribution in [1.82, 2.24) is 10.2 Å². The van der Waals surface area contributed by atoms with Gasteiger partial charge in [-0.1, -0.05) is 49.7 Å². The Kier molecular flexibility index (Phi) is 10.9. The van der Waals surface area contributed by atoms with E-state index in [1.807, 2.05) is 52.8 Å². The Labute approximate surface area is 244 Å². The summed E-state index contributed by atoms with van der Waals surface area (Å²) in [5.74, 6) is -0.137. The maximum Gasteiger partial charge on any atom is 0.264 e. The third-order valence-corrected chi connectivity index (χ3v) is 8.88. The molecule has 0 fully saturated rings. The molecule has 0 spiro atoms. The number of amides is 2. The first kappa shape index (κ1) is 31.7. The fourth-order valence-corrected chi connectivity index (χ4v) is 5.91. The molecular weight excluding hydrogens is 538 g/mol. The number of nitrogens with one attached hydrogen (secondary N) is 1. The number of sulfonamides is 1. The molecule has 0 saturated carbocycles. The van der Waals surface area contributed by atoms with Crippen molar-refractivity contribution in [3.63, 3.8) is 0 Å². The van der Waals surface area contributed by atoms with E-state index in [1.165, 1.54) is 4.90 Å². The van der Waals surface area contributed by atoms with Crippen LogP contribution in [0.4, 0.5) is 5.69 Å². The Morgan fingerprint density at radius 1 is 0.927 bits per heavy atom. The fourth-order valence-electron chi connectivity index (χ4n) is 4.50. The molecule has 0 aromatic heterocycles.